The van der Waals surface area contributed by atoms with Crippen molar-refractivity contribution in [3.05, 3.63) is 14.8 Å². The number of aromatic nitrogens is 2. The van der Waals surface area contributed by atoms with Gasteiger partial charge in [-0.1, -0.05) is 0 Å². The lowest BCUT2D eigenvalue weighted by Crippen LogP contribution is -1.88. The summed E-state index contributed by atoms with van der Waals surface area (Å²) in [5.74, 6) is 0. The Labute approximate surface area is 74.9 Å². The molecular formula is C5H3Br2N3. The van der Waals surface area contributed by atoms with Crippen molar-refractivity contribution >= 4 is 31.9 Å². The van der Waals surface area contributed by atoms with Gasteiger partial charge in [0.25, 0.3) is 0 Å². The van der Waals surface area contributed by atoms with Crippen LogP contribution in [0.25, 0.3) is 0 Å². The molecule has 5 heteroatoms. The first-order chi connectivity index (χ1) is 4.66. The molecule has 0 aliphatic rings. The summed E-state index contributed by atoms with van der Waals surface area (Å²) >= 11 is 6.35. The number of aryl methyl sites for hydroxylation is 1. The van der Waals surface area contributed by atoms with Gasteiger partial charge in [-0.25, -0.2) is 0 Å². The molecule has 1 aromatic rings. The number of hydrogen-bond acceptors (Lipinski definition) is 2. The van der Waals surface area contributed by atoms with E-state index < -0.39 is 0 Å². The fourth-order valence-electron chi connectivity index (χ4n) is 0.565. The summed E-state index contributed by atoms with van der Waals surface area (Å²) in [5, 5.41) is 12.5. The van der Waals surface area contributed by atoms with Gasteiger partial charge in [0.15, 0.2) is 0 Å². The SMILES string of the molecule is Cn1nc(Br)c(C#N)c1Br. The Morgan fingerprint density at radius 1 is 1.60 bits per heavy atom. The van der Waals surface area contributed by atoms with Crippen LogP contribution in [-0.4, -0.2) is 9.78 Å². The molecular weight excluding hydrogens is 262 g/mol. The van der Waals surface area contributed by atoms with Gasteiger partial charge in [0.1, 0.15) is 20.8 Å². The summed E-state index contributed by atoms with van der Waals surface area (Å²) in [7, 11) is 1.76. The zero-order valence-corrected chi connectivity index (χ0v) is 8.27. The first kappa shape index (κ1) is 7.76. The summed E-state index contributed by atoms with van der Waals surface area (Å²) in [6, 6.07) is 2.01. The molecule has 0 amide bonds. The average Bonchev–Trinajstić information content (AvgIpc) is 2.09. The predicted molar refractivity (Wildman–Crippen MR) is 43.3 cm³/mol. The molecule has 0 N–H and O–H groups in total. The van der Waals surface area contributed by atoms with E-state index in [2.05, 4.69) is 37.0 Å². The molecule has 1 rings (SSSR count). The van der Waals surface area contributed by atoms with E-state index in [0.29, 0.717) is 14.8 Å². The van der Waals surface area contributed by atoms with E-state index in [1.807, 2.05) is 6.07 Å². The lowest BCUT2D eigenvalue weighted by Gasteiger charge is -1.86. The van der Waals surface area contributed by atoms with Gasteiger partial charge in [-0.15, -0.1) is 0 Å². The van der Waals surface area contributed by atoms with Crippen molar-refractivity contribution in [1.29, 1.82) is 5.26 Å². The van der Waals surface area contributed by atoms with Crippen LogP contribution >= 0.6 is 31.9 Å². The highest BCUT2D eigenvalue weighted by Gasteiger charge is 2.09. The van der Waals surface area contributed by atoms with E-state index in [1.54, 1.807) is 11.7 Å². The van der Waals surface area contributed by atoms with Gasteiger partial charge in [-0.2, -0.15) is 10.4 Å². The first-order valence-electron chi connectivity index (χ1n) is 2.45. The Bertz CT molecular complexity index is 297. The number of nitrogens with zero attached hydrogens (tertiary/aromatic N) is 3. The average molecular weight is 265 g/mol. The van der Waals surface area contributed by atoms with Gasteiger partial charge in [0.2, 0.25) is 0 Å². The minimum Gasteiger partial charge on any atom is -0.259 e. The standard InChI is InChI=1S/C5H3Br2N3/c1-10-5(7)3(2-8)4(6)9-10/h1H3. The highest BCUT2D eigenvalue weighted by molar-refractivity contribution is 9.11. The van der Waals surface area contributed by atoms with Gasteiger partial charge < -0.3 is 0 Å². The lowest BCUT2D eigenvalue weighted by atomic mass is 10.4. The molecule has 0 fully saturated rings. The van der Waals surface area contributed by atoms with Crippen LogP contribution in [0.2, 0.25) is 0 Å². The van der Waals surface area contributed by atoms with Crippen LogP contribution < -0.4 is 0 Å². The summed E-state index contributed by atoms with van der Waals surface area (Å²) in [5.41, 5.74) is 0.530. The van der Waals surface area contributed by atoms with Crippen LogP contribution in [0.3, 0.4) is 0 Å². The fourth-order valence-corrected chi connectivity index (χ4v) is 1.70. The van der Waals surface area contributed by atoms with Gasteiger partial charge in [-0.3, -0.25) is 4.68 Å². The van der Waals surface area contributed by atoms with Gasteiger partial charge >= 0.3 is 0 Å². The molecule has 3 nitrogen and oxygen atoms in total. The Morgan fingerprint density at radius 2 is 2.20 bits per heavy atom. The Kier molecular flexibility index (Phi) is 2.11. The van der Waals surface area contributed by atoms with E-state index in [-0.39, 0.29) is 0 Å². The molecule has 0 bridgehead atoms. The molecule has 10 heavy (non-hydrogen) atoms. The molecule has 0 saturated carbocycles. The molecule has 1 aromatic heterocycles. The zero-order chi connectivity index (χ0) is 7.72. The zero-order valence-electron chi connectivity index (χ0n) is 5.10. The molecule has 0 saturated heterocycles. The molecule has 0 atom stereocenters. The fraction of sp³-hybridized carbons (Fsp3) is 0.200. The number of halogens is 2. The summed E-state index contributed by atoms with van der Waals surface area (Å²) in [4.78, 5) is 0. The Balaban J connectivity index is 3.37. The molecule has 1 heterocycles. The quantitative estimate of drug-likeness (QED) is 0.717. The minimum absolute atomic E-state index is 0.530. The van der Waals surface area contributed by atoms with Crippen molar-refractivity contribution in [2.24, 2.45) is 7.05 Å². The smallest absolute Gasteiger partial charge is 0.147 e. The molecule has 0 spiro atoms. The van der Waals surface area contributed by atoms with Gasteiger partial charge in [-0.05, 0) is 31.9 Å². The summed E-state index contributed by atoms with van der Waals surface area (Å²) in [6.45, 7) is 0. The molecule has 0 radical (unpaired) electrons. The lowest BCUT2D eigenvalue weighted by molar-refractivity contribution is 0.743. The summed E-state index contributed by atoms with van der Waals surface area (Å²) < 4.78 is 2.86. The maximum Gasteiger partial charge on any atom is 0.147 e. The van der Waals surface area contributed by atoms with Crippen molar-refractivity contribution in [3.63, 3.8) is 0 Å². The monoisotopic (exact) mass is 263 g/mol. The normalized spacial score (nSPS) is 9.40. The van der Waals surface area contributed by atoms with Crippen LogP contribution in [-0.2, 0) is 7.05 Å². The van der Waals surface area contributed by atoms with Crippen molar-refractivity contribution in [1.82, 2.24) is 9.78 Å². The first-order valence-corrected chi connectivity index (χ1v) is 4.03. The number of nitriles is 1. The molecule has 0 aliphatic heterocycles. The van der Waals surface area contributed by atoms with Crippen LogP contribution in [0.5, 0.6) is 0 Å². The van der Waals surface area contributed by atoms with Crippen LogP contribution in [0.4, 0.5) is 0 Å². The Morgan fingerprint density at radius 3 is 2.40 bits per heavy atom. The van der Waals surface area contributed by atoms with Crippen molar-refractivity contribution in [3.8, 4) is 6.07 Å². The third-order valence-electron chi connectivity index (χ3n) is 1.05. The van der Waals surface area contributed by atoms with Crippen LogP contribution in [0, 0.1) is 11.3 Å². The molecule has 0 aromatic carbocycles. The second kappa shape index (κ2) is 2.72. The van der Waals surface area contributed by atoms with Crippen molar-refractivity contribution in [2.45, 2.75) is 0 Å². The van der Waals surface area contributed by atoms with Crippen LogP contribution in [0.15, 0.2) is 9.21 Å². The van der Waals surface area contributed by atoms with Gasteiger partial charge in [0.05, 0.1) is 0 Å². The number of hydrogen-bond donors (Lipinski definition) is 0. The topological polar surface area (TPSA) is 41.6 Å². The third kappa shape index (κ3) is 1.09. The maximum atomic E-state index is 8.55. The van der Waals surface area contributed by atoms with Crippen molar-refractivity contribution in [2.75, 3.05) is 0 Å². The third-order valence-corrected chi connectivity index (χ3v) is 2.51. The highest BCUT2D eigenvalue weighted by Crippen LogP contribution is 2.22. The van der Waals surface area contributed by atoms with E-state index in [0.717, 1.165) is 0 Å². The summed E-state index contributed by atoms with van der Waals surface area (Å²) in [6.07, 6.45) is 0. The molecule has 0 aliphatic carbocycles. The van der Waals surface area contributed by atoms with E-state index in [1.165, 1.54) is 0 Å². The maximum absolute atomic E-state index is 8.55. The second-order valence-electron chi connectivity index (χ2n) is 1.69. The largest absolute Gasteiger partial charge is 0.259 e. The van der Waals surface area contributed by atoms with Crippen molar-refractivity contribution < 1.29 is 0 Å². The van der Waals surface area contributed by atoms with E-state index in [4.69, 9.17) is 5.26 Å². The van der Waals surface area contributed by atoms with Gasteiger partial charge in [0, 0.05) is 7.05 Å². The Hall–Kier alpha value is -0.340. The molecule has 52 valence electrons. The second-order valence-corrected chi connectivity index (χ2v) is 3.19. The molecule has 0 unspecified atom stereocenters. The van der Waals surface area contributed by atoms with Crippen LogP contribution in [0.1, 0.15) is 5.56 Å². The van der Waals surface area contributed by atoms with E-state index in [9.17, 15) is 0 Å². The minimum atomic E-state index is 0.530. The highest BCUT2D eigenvalue weighted by atomic mass is 79.9. The van der Waals surface area contributed by atoms with E-state index >= 15 is 0 Å². The number of rotatable bonds is 0. The predicted octanol–water partition coefficient (Wildman–Crippen LogP) is 1.82.